The zero-order valence-corrected chi connectivity index (χ0v) is 13.4. The Morgan fingerprint density at radius 1 is 1.52 bits per heavy atom. The number of carboxylic acid groups (broad SMARTS) is 1. The number of rotatable bonds is 7. The number of thiazole rings is 1. The molecule has 1 atom stereocenters. The summed E-state index contributed by atoms with van der Waals surface area (Å²) >= 11 is 1.46. The Morgan fingerprint density at radius 3 is 2.71 bits per heavy atom. The van der Waals surface area contributed by atoms with Gasteiger partial charge in [-0.15, -0.1) is 11.3 Å². The Labute approximate surface area is 127 Å². The minimum Gasteiger partial charge on any atom is -0.480 e. The summed E-state index contributed by atoms with van der Waals surface area (Å²) in [5, 5.41) is 14.3. The maximum atomic E-state index is 12.0. The van der Waals surface area contributed by atoms with Crippen LogP contribution in [0.1, 0.15) is 24.5 Å². The van der Waals surface area contributed by atoms with Gasteiger partial charge in [-0.1, -0.05) is 13.8 Å². The second-order valence-corrected chi connectivity index (χ2v) is 5.97. The van der Waals surface area contributed by atoms with Crippen molar-refractivity contribution in [1.29, 1.82) is 0 Å². The highest BCUT2D eigenvalue weighted by Gasteiger charge is 2.25. The number of methoxy groups -OCH3 is 1. The highest BCUT2D eigenvalue weighted by Crippen LogP contribution is 2.12. The number of urea groups is 1. The minimum absolute atomic E-state index is 0.188. The fourth-order valence-electron chi connectivity index (χ4n) is 1.68. The molecule has 2 N–H and O–H groups in total. The maximum absolute atomic E-state index is 12.0. The molecule has 0 saturated carbocycles. The van der Waals surface area contributed by atoms with E-state index >= 15 is 0 Å². The van der Waals surface area contributed by atoms with E-state index in [4.69, 9.17) is 9.84 Å². The van der Waals surface area contributed by atoms with Crippen LogP contribution in [0.3, 0.4) is 0 Å². The maximum Gasteiger partial charge on any atom is 0.326 e. The lowest BCUT2D eigenvalue weighted by Gasteiger charge is -2.22. The molecule has 1 heterocycles. The van der Waals surface area contributed by atoms with Gasteiger partial charge < -0.3 is 20.1 Å². The van der Waals surface area contributed by atoms with Crippen LogP contribution in [-0.4, -0.2) is 47.2 Å². The smallest absolute Gasteiger partial charge is 0.326 e. The largest absolute Gasteiger partial charge is 0.480 e. The van der Waals surface area contributed by atoms with E-state index in [0.29, 0.717) is 13.2 Å². The van der Waals surface area contributed by atoms with Gasteiger partial charge in [-0.05, 0) is 5.92 Å². The lowest BCUT2D eigenvalue weighted by atomic mass is 10.1. The highest BCUT2D eigenvalue weighted by atomic mass is 32.1. The molecule has 0 spiro atoms. The monoisotopic (exact) mass is 315 g/mol. The summed E-state index contributed by atoms with van der Waals surface area (Å²) in [4.78, 5) is 28.8. The van der Waals surface area contributed by atoms with Gasteiger partial charge in [0.15, 0.2) is 0 Å². The minimum atomic E-state index is -1.04. The van der Waals surface area contributed by atoms with Crippen LogP contribution in [-0.2, 0) is 22.7 Å². The number of carboxylic acids is 1. The topological polar surface area (TPSA) is 91.8 Å². The molecule has 21 heavy (non-hydrogen) atoms. The lowest BCUT2D eigenvalue weighted by Crippen LogP contribution is -2.48. The second-order valence-electron chi connectivity index (χ2n) is 5.03. The zero-order chi connectivity index (χ0) is 16.0. The van der Waals surface area contributed by atoms with E-state index < -0.39 is 18.0 Å². The Kier molecular flexibility index (Phi) is 6.57. The summed E-state index contributed by atoms with van der Waals surface area (Å²) in [6, 6.07) is -1.34. The lowest BCUT2D eigenvalue weighted by molar-refractivity contribution is -0.140. The van der Waals surface area contributed by atoms with Crippen LogP contribution >= 0.6 is 11.3 Å². The number of carbonyl (C=O) groups excluding carboxylic acids is 1. The van der Waals surface area contributed by atoms with Gasteiger partial charge in [0.05, 0.1) is 18.8 Å². The van der Waals surface area contributed by atoms with Gasteiger partial charge in [0.25, 0.3) is 0 Å². The van der Waals surface area contributed by atoms with Crippen molar-refractivity contribution in [1.82, 2.24) is 15.2 Å². The Bertz CT molecular complexity index is 490. The van der Waals surface area contributed by atoms with Crippen molar-refractivity contribution in [3.63, 3.8) is 0 Å². The van der Waals surface area contributed by atoms with Crippen LogP contribution in [0.15, 0.2) is 5.38 Å². The van der Waals surface area contributed by atoms with E-state index in [-0.39, 0.29) is 5.92 Å². The number of hydrogen-bond donors (Lipinski definition) is 2. The van der Waals surface area contributed by atoms with Crippen molar-refractivity contribution in [2.45, 2.75) is 33.0 Å². The van der Waals surface area contributed by atoms with E-state index in [0.717, 1.165) is 10.7 Å². The fourth-order valence-corrected chi connectivity index (χ4v) is 2.44. The summed E-state index contributed by atoms with van der Waals surface area (Å²) in [6.07, 6.45) is 0. The van der Waals surface area contributed by atoms with Crippen molar-refractivity contribution in [3.05, 3.63) is 16.1 Å². The molecule has 7 nitrogen and oxygen atoms in total. The van der Waals surface area contributed by atoms with E-state index in [2.05, 4.69) is 10.3 Å². The van der Waals surface area contributed by atoms with Crippen LogP contribution < -0.4 is 5.32 Å². The summed E-state index contributed by atoms with van der Waals surface area (Å²) in [5.41, 5.74) is 0.751. The van der Waals surface area contributed by atoms with Gasteiger partial charge in [-0.25, -0.2) is 14.6 Å². The number of hydrogen-bond acceptors (Lipinski definition) is 5. The van der Waals surface area contributed by atoms with Crippen molar-refractivity contribution in [2.75, 3.05) is 14.2 Å². The van der Waals surface area contributed by atoms with E-state index in [1.807, 2.05) is 5.38 Å². The summed E-state index contributed by atoms with van der Waals surface area (Å²) in [6.45, 7) is 4.25. The standard InChI is InChI=1S/C13H21N3O4S/c1-8(2)11(12(17)18)15-13(19)16(3)5-9-7-21-10(14-9)6-20-4/h7-8,11H,5-6H2,1-4H3,(H,15,19)(H,17,18)/t11-/m0/s1. The SMILES string of the molecule is COCc1nc(CN(C)C(=O)N[C@H](C(=O)O)C(C)C)cs1. The molecule has 118 valence electrons. The molecule has 1 aromatic heterocycles. The summed E-state index contributed by atoms with van der Waals surface area (Å²) < 4.78 is 4.99. The molecule has 8 heteroatoms. The van der Waals surface area contributed by atoms with Crippen molar-refractivity contribution < 1.29 is 19.4 Å². The van der Waals surface area contributed by atoms with Crippen LogP contribution in [0.5, 0.6) is 0 Å². The normalized spacial score (nSPS) is 12.2. The third kappa shape index (κ3) is 5.31. The average Bonchev–Trinajstić information content (AvgIpc) is 2.82. The first-order chi connectivity index (χ1) is 9.85. The molecule has 2 amide bonds. The number of amides is 2. The molecule has 0 unspecified atom stereocenters. The number of aliphatic carboxylic acids is 1. The van der Waals surface area contributed by atoms with E-state index in [1.165, 1.54) is 16.2 Å². The van der Waals surface area contributed by atoms with Crippen LogP contribution in [0.4, 0.5) is 4.79 Å². The Morgan fingerprint density at radius 2 is 2.19 bits per heavy atom. The molecule has 0 aliphatic carbocycles. The molecular weight excluding hydrogens is 294 g/mol. The first-order valence-electron chi connectivity index (χ1n) is 6.51. The number of nitrogens with zero attached hydrogens (tertiary/aromatic N) is 2. The van der Waals surface area contributed by atoms with Crippen molar-refractivity contribution in [3.8, 4) is 0 Å². The molecule has 1 rings (SSSR count). The molecule has 0 aromatic carbocycles. The quantitative estimate of drug-likeness (QED) is 0.796. The van der Waals surface area contributed by atoms with Crippen LogP contribution in [0.25, 0.3) is 0 Å². The van der Waals surface area contributed by atoms with Gasteiger partial charge in [-0.3, -0.25) is 0 Å². The van der Waals surface area contributed by atoms with Gasteiger partial charge in [-0.2, -0.15) is 0 Å². The van der Waals surface area contributed by atoms with Gasteiger partial charge in [0, 0.05) is 19.5 Å². The molecular formula is C13H21N3O4S. The fraction of sp³-hybridized carbons (Fsp3) is 0.615. The van der Waals surface area contributed by atoms with Crippen LogP contribution in [0.2, 0.25) is 0 Å². The third-order valence-electron chi connectivity index (χ3n) is 2.82. The molecule has 0 aliphatic rings. The molecule has 0 fully saturated rings. The number of aromatic nitrogens is 1. The van der Waals surface area contributed by atoms with Crippen LogP contribution in [0, 0.1) is 5.92 Å². The molecule has 1 aromatic rings. The van der Waals surface area contributed by atoms with Gasteiger partial charge >= 0.3 is 12.0 Å². The highest BCUT2D eigenvalue weighted by molar-refractivity contribution is 7.09. The summed E-state index contributed by atoms with van der Waals surface area (Å²) in [5.74, 6) is -1.23. The second kappa shape index (κ2) is 7.94. The third-order valence-corrected chi connectivity index (χ3v) is 3.70. The Balaban J connectivity index is 2.59. The Hall–Kier alpha value is -1.67. The predicted octanol–water partition coefficient (Wildman–Crippen LogP) is 1.54. The molecule has 0 saturated heterocycles. The predicted molar refractivity (Wildman–Crippen MR) is 79.1 cm³/mol. The average molecular weight is 315 g/mol. The van der Waals surface area contributed by atoms with Crippen molar-refractivity contribution in [2.24, 2.45) is 5.92 Å². The number of ether oxygens (including phenoxy) is 1. The van der Waals surface area contributed by atoms with Crippen molar-refractivity contribution >= 4 is 23.3 Å². The first-order valence-corrected chi connectivity index (χ1v) is 7.39. The molecule has 0 bridgehead atoms. The number of carbonyl (C=O) groups is 2. The molecule has 0 radical (unpaired) electrons. The molecule has 0 aliphatic heterocycles. The summed E-state index contributed by atoms with van der Waals surface area (Å²) in [7, 11) is 3.20. The van der Waals surface area contributed by atoms with Gasteiger partial charge in [0.1, 0.15) is 11.0 Å². The zero-order valence-electron chi connectivity index (χ0n) is 12.6. The number of nitrogens with one attached hydrogen (secondary N) is 1. The first kappa shape index (κ1) is 17.4. The van der Waals surface area contributed by atoms with Gasteiger partial charge in [0.2, 0.25) is 0 Å². The van der Waals surface area contributed by atoms with E-state index in [1.54, 1.807) is 28.0 Å². The van der Waals surface area contributed by atoms with E-state index in [9.17, 15) is 9.59 Å².